The minimum atomic E-state index is -0.670. The van der Waals surface area contributed by atoms with E-state index >= 15 is 0 Å². The summed E-state index contributed by atoms with van der Waals surface area (Å²) in [7, 11) is 0. The Morgan fingerprint density at radius 3 is 2.14 bits per heavy atom. The smallest absolute Gasteiger partial charge is 0.313 e. The minimum absolute atomic E-state index is 0.201. The van der Waals surface area contributed by atoms with Gasteiger partial charge in [-0.2, -0.15) is 0 Å². The Labute approximate surface area is 164 Å². The number of hydrogen-bond donors (Lipinski definition) is 2. The van der Waals surface area contributed by atoms with E-state index in [1.807, 2.05) is 18.2 Å². The van der Waals surface area contributed by atoms with Gasteiger partial charge in [0.15, 0.2) is 0 Å². The summed E-state index contributed by atoms with van der Waals surface area (Å²) in [5, 5.41) is 5.25. The molecule has 146 valence electrons. The molecule has 0 aromatic heterocycles. The van der Waals surface area contributed by atoms with E-state index in [9.17, 15) is 14.4 Å². The van der Waals surface area contributed by atoms with Crippen molar-refractivity contribution in [1.82, 2.24) is 9.80 Å². The van der Waals surface area contributed by atoms with Crippen molar-refractivity contribution >= 4 is 29.1 Å². The normalized spacial score (nSPS) is 14.4. The molecule has 2 N–H and O–H groups in total. The zero-order valence-corrected chi connectivity index (χ0v) is 15.9. The summed E-state index contributed by atoms with van der Waals surface area (Å²) in [5.41, 5.74) is 2.26. The SMILES string of the molecule is CC(=O)Nc1cccc(NC(=O)C(=O)N2CCN(Cc3ccccc3)CC2)c1. The maximum atomic E-state index is 12.5. The number of amides is 3. The van der Waals surface area contributed by atoms with Crippen LogP contribution in [0, 0.1) is 0 Å². The second kappa shape index (κ2) is 9.14. The van der Waals surface area contributed by atoms with Gasteiger partial charge in [0.25, 0.3) is 0 Å². The highest BCUT2D eigenvalue weighted by atomic mass is 16.2. The van der Waals surface area contributed by atoms with E-state index in [0.29, 0.717) is 24.5 Å². The first-order chi connectivity index (χ1) is 13.5. The number of hydrogen-bond acceptors (Lipinski definition) is 4. The summed E-state index contributed by atoms with van der Waals surface area (Å²) in [6.45, 7) is 4.74. The van der Waals surface area contributed by atoms with Crippen molar-refractivity contribution in [3.63, 3.8) is 0 Å². The van der Waals surface area contributed by atoms with Crippen LogP contribution >= 0.6 is 0 Å². The van der Waals surface area contributed by atoms with Crippen LogP contribution in [0.25, 0.3) is 0 Å². The first-order valence-corrected chi connectivity index (χ1v) is 9.25. The molecular formula is C21H24N4O3. The average molecular weight is 380 g/mol. The van der Waals surface area contributed by atoms with Crippen LogP contribution in [0.1, 0.15) is 12.5 Å². The van der Waals surface area contributed by atoms with E-state index in [2.05, 4.69) is 27.7 Å². The minimum Gasteiger partial charge on any atom is -0.332 e. The van der Waals surface area contributed by atoms with Crippen LogP contribution in [0.3, 0.4) is 0 Å². The highest BCUT2D eigenvalue weighted by Gasteiger charge is 2.26. The van der Waals surface area contributed by atoms with E-state index in [4.69, 9.17) is 0 Å². The number of nitrogens with one attached hydrogen (secondary N) is 2. The second-order valence-electron chi connectivity index (χ2n) is 6.77. The molecule has 3 rings (SSSR count). The van der Waals surface area contributed by atoms with Gasteiger partial charge in [-0.25, -0.2) is 0 Å². The van der Waals surface area contributed by atoms with Gasteiger partial charge in [0.1, 0.15) is 0 Å². The van der Waals surface area contributed by atoms with E-state index in [-0.39, 0.29) is 5.91 Å². The Balaban J connectivity index is 1.50. The van der Waals surface area contributed by atoms with Crippen molar-refractivity contribution < 1.29 is 14.4 Å². The summed E-state index contributed by atoms with van der Waals surface area (Å²) in [6, 6.07) is 16.9. The summed E-state index contributed by atoms with van der Waals surface area (Å²) >= 11 is 0. The van der Waals surface area contributed by atoms with Crippen molar-refractivity contribution in [3.8, 4) is 0 Å². The van der Waals surface area contributed by atoms with Crippen LogP contribution in [0.5, 0.6) is 0 Å². The molecule has 0 saturated carbocycles. The topological polar surface area (TPSA) is 81.8 Å². The molecule has 0 aliphatic carbocycles. The predicted octanol–water partition coefficient (Wildman–Crippen LogP) is 1.93. The van der Waals surface area contributed by atoms with Gasteiger partial charge in [0.05, 0.1) is 0 Å². The third-order valence-corrected chi connectivity index (χ3v) is 4.54. The Bertz CT molecular complexity index is 846. The lowest BCUT2D eigenvalue weighted by Gasteiger charge is -2.34. The van der Waals surface area contributed by atoms with Crippen LogP contribution < -0.4 is 10.6 Å². The van der Waals surface area contributed by atoms with Gasteiger partial charge in [-0.05, 0) is 23.8 Å². The third kappa shape index (κ3) is 5.40. The largest absolute Gasteiger partial charge is 0.332 e. The van der Waals surface area contributed by atoms with E-state index in [1.165, 1.54) is 12.5 Å². The molecule has 3 amide bonds. The summed E-state index contributed by atoms with van der Waals surface area (Å²) < 4.78 is 0. The molecule has 7 nitrogen and oxygen atoms in total. The maximum Gasteiger partial charge on any atom is 0.313 e. The number of nitrogens with zero attached hydrogens (tertiary/aromatic N) is 2. The van der Waals surface area contributed by atoms with Gasteiger partial charge in [-0.3, -0.25) is 19.3 Å². The molecule has 2 aromatic rings. The summed E-state index contributed by atoms with van der Waals surface area (Å²) in [5.74, 6) is -1.41. The van der Waals surface area contributed by atoms with Crippen LogP contribution in [0.2, 0.25) is 0 Å². The first kappa shape index (κ1) is 19.6. The van der Waals surface area contributed by atoms with Crippen LogP contribution in [0.15, 0.2) is 54.6 Å². The zero-order valence-electron chi connectivity index (χ0n) is 15.9. The Morgan fingerprint density at radius 1 is 0.857 bits per heavy atom. The molecule has 28 heavy (non-hydrogen) atoms. The number of benzene rings is 2. The maximum absolute atomic E-state index is 12.5. The lowest BCUT2D eigenvalue weighted by atomic mass is 10.2. The fourth-order valence-corrected chi connectivity index (χ4v) is 3.16. The van der Waals surface area contributed by atoms with Crippen LogP contribution in [-0.4, -0.2) is 53.7 Å². The van der Waals surface area contributed by atoms with Gasteiger partial charge in [-0.15, -0.1) is 0 Å². The average Bonchev–Trinajstić information content (AvgIpc) is 2.68. The Hall–Kier alpha value is -3.19. The molecule has 0 unspecified atom stereocenters. The molecule has 2 aromatic carbocycles. The van der Waals surface area contributed by atoms with Gasteiger partial charge in [0, 0.05) is 51.0 Å². The third-order valence-electron chi connectivity index (χ3n) is 4.54. The monoisotopic (exact) mass is 380 g/mol. The zero-order chi connectivity index (χ0) is 19.9. The van der Waals surface area contributed by atoms with Gasteiger partial charge in [-0.1, -0.05) is 36.4 Å². The molecule has 1 heterocycles. The highest BCUT2D eigenvalue weighted by Crippen LogP contribution is 2.15. The fourth-order valence-electron chi connectivity index (χ4n) is 3.16. The predicted molar refractivity (Wildman–Crippen MR) is 108 cm³/mol. The molecule has 1 aliphatic rings. The molecular weight excluding hydrogens is 356 g/mol. The van der Waals surface area contributed by atoms with Crippen LogP contribution in [0.4, 0.5) is 11.4 Å². The lowest BCUT2D eigenvalue weighted by molar-refractivity contribution is -0.144. The second-order valence-corrected chi connectivity index (χ2v) is 6.77. The van der Waals surface area contributed by atoms with Gasteiger partial charge >= 0.3 is 11.8 Å². The molecule has 1 aliphatic heterocycles. The molecule has 7 heteroatoms. The number of anilines is 2. The Kier molecular flexibility index (Phi) is 6.39. The number of carbonyl (C=O) groups excluding carboxylic acids is 3. The summed E-state index contributed by atoms with van der Waals surface area (Å²) in [4.78, 5) is 39.8. The van der Waals surface area contributed by atoms with Gasteiger partial charge in [0.2, 0.25) is 5.91 Å². The lowest BCUT2D eigenvalue weighted by Crippen LogP contribution is -2.51. The van der Waals surface area contributed by atoms with Gasteiger partial charge < -0.3 is 15.5 Å². The molecule has 0 spiro atoms. The van der Waals surface area contributed by atoms with E-state index in [1.54, 1.807) is 29.2 Å². The van der Waals surface area contributed by atoms with E-state index < -0.39 is 11.8 Å². The highest BCUT2D eigenvalue weighted by molar-refractivity contribution is 6.39. The molecule has 0 bridgehead atoms. The molecule has 1 fully saturated rings. The number of piperazine rings is 1. The van der Waals surface area contributed by atoms with Crippen molar-refractivity contribution in [1.29, 1.82) is 0 Å². The molecule has 0 atom stereocenters. The van der Waals surface area contributed by atoms with Crippen LogP contribution in [-0.2, 0) is 20.9 Å². The quantitative estimate of drug-likeness (QED) is 0.794. The number of carbonyl (C=O) groups is 3. The first-order valence-electron chi connectivity index (χ1n) is 9.25. The van der Waals surface area contributed by atoms with Crippen molar-refractivity contribution in [2.75, 3.05) is 36.8 Å². The standard InChI is InChI=1S/C21H24N4O3/c1-16(26)22-18-8-5-9-19(14-18)23-20(27)21(28)25-12-10-24(11-13-25)15-17-6-3-2-4-7-17/h2-9,14H,10-13,15H2,1H3,(H,22,26)(H,23,27). The number of rotatable bonds is 4. The summed E-state index contributed by atoms with van der Waals surface area (Å²) in [6.07, 6.45) is 0. The molecule has 1 saturated heterocycles. The van der Waals surface area contributed by atoms with E-state index in [0.717, 1.165) is 19.6 Å². The van der Waals surface area contributed by atoms with Crippen molar-refractivity contribution in [3.05, 3.63) is 60.2 Å². The molecule has 0 radical (unpaired) electrons. The van der Waals surface area contributed by atoms with Crippen molar-refractivity contribution in [2.45, 2.75) is 13.5 Å². The fraction of sp³-hybridized carbons (Fsp3) is 0.286. The Morgan fingerprint density at radius 2 is 1.50 bits per heavy atom. The van der Waals surface area contributed by atoms with Crippen molar-refractivity contribution in [2.24, 2.45) is 0 Å².